The Bertz CT molecular complexity index is 336. The molecule has 0 saturated carbocycles. The lowest BCUT2D eigenvalue weighted by molar-refractivity contribution is -0.125. The van der Waals surface area contributed by atoms with Crippen molar-refractivity contribution >= 4 is 11.3 Å². The molecule has 0 bridgehead atoms. The minimum atomic E-state index is -4.14. The van der Waals surface area contributed by atoms with Gasteiger partial charge in [-0.1, -0.05) is 20.8 Å². The van der Waals surface area contributed by atoms with Crippen molar-refractivity contribution in [3.05, 3.63) is 21.9 Å². The molecule has 0 radical (unpaired) electrons. The van der Waals surface area contributed by atoms with E-state index < -0.39 is 12.7 Å². The SMILES string of the molecule is CC(C)(C)c1cscc1CNCC(F)(F)F. The van der Waals surface area contributed by atoms with Gasteiger partial charge in [0.2, 0.25) is 0 Å². The Morgan fingerprint density at radius 3 is 2.31 bits per heavy atom. The lowest BCUT2D eigenvalue weighted by Gasteiger charge is -2.20. The molecule has 0 aliphatic carbocycles. The third kappa shape index (κ3) is 4.14. The molecule has 0 atom stereocenters. The van der Waals surface area contributed by atoms with Gasteiger partial charge in [-0.25, -0.2) is 0 Å². The van der Waals surface area contributed by atoms with Crippen molar-refractivity contribution in [2.45, 2.75) is 38.9 Å². The second-order valence-electron chi connectivity index (χ2n) is 4.78. The van der Waals surface area contributed by atoms with Gasteiger partial charge in [-0.15, -0.1) is 0 Å². The van der Waals surface area contributed by atoms with Gasteiger partial charge < -0.3 is 5.32 Å². The molecule has 0 spiro atoms. The molecule has 0 aromatic carbocycles. The second kappa shape index (κ2) is 4.75. The Morgan fingerprint density at radius 2 is 1.81 bits per heavy atom. The van der Waals surface area contributed by atoms with Crippen LogP contribution in [0.4, 0.5) is 13.2 Å². The molecular weight excluding hydrogens is 235 g/mol. The summed E-state index contributed by atoms with van der Waals surface area (Å²) < 4.78 is 35.9. The molecule has 16 heavy (non-hydrogen) atoms. The molecule has 0 aliphatic rings. The maximum atomic E-state index is 12.0. The summed E-state index contributed by atoms with van der Waals surface area (Å²) in [6, 6.07) is 0. The summed E-state index contributed by atoms with van der Waals surface area (Å²) in [6.45, 7) is 5.51. The fraction of sp³-hybridized carbons (Fsp3) is 0.636. The van der Waals surface area contributed by atoms with Crippen LogP contribution in [-0.2, 0) is 12.0 Å². The Balaban J connectivity index is 2.59. The molecule has 1 aromatic heterocycles. The third-order valence-electron chi connectivity index (χ3n) is 2.19. The lowest BCUT2D eigenvalue weighted by atomic mass is 9.86. The van der Waals surface area contributed by atoms with Crippen LogP contribution in [0, 0.1) is 0 Å². The number of rotatable bonds is 3. The fourth-order valence-electron chi connectivity index (χ4n) is 1.46. The van der Waals surface area contributed by atoms with E-state index in [9.17, 15) is 13.2 Å². The zero-order valence-electron chi connectivity index (χ0n) is 9.61. The fourth-order valence-corrected chi connectivity index (χ4v) is 2.54. The largest absolute Gasteiger partial charge is 0.401 e. The standard InChI is InChI=1S/C11H16F3NS/c1-10(2,3)9-6-16-5-8(9)4-15-7-11(12,13)14/h5-6,15H,4,7H2,1-3H3. The smallest absolute Gasteiger partial charge is 0.305 e. The van der Waals surface area contributed by atoms with Gasteiger partial charge in [-0.3, -0.25) is 0 Å². The van der Waals surface area contributed by atoms with Crippen molar-refractivity contribution in [1.82, 2.24) is 5.32 Å². The van der Waals surface area contributed by atoms with Crippen LogP contribution in [0.3, 0.4) is 0 Å². The zero-order chi connectivity index (χ0) is 12.4. The van der Waals surface area contributed by atoms with Gasteiger partial charge >= 0.3 is 6.18 Å². The third-order valence-corrected chi connectivity index (χ3v) is 2.98. The van der Waals surface area contributed by atoms with Crippen LogP contribution in [0.15, 0.2) is 10.8 Å². The van der Waals surface area contributed by atoms with E-state index in [4.69, 9.17) is 0 Å². The Morgan fingerprint density at radius 1 is 1.19 bits per heavy atom. The number of alkyl halides is 3. The highest BCUT2D eigenvalue weighted by atomic mass is 32.1. The first-order chi connectivity index (χ1) is 7.20. The van der Waals surface area contributed by atoms with E-state index in [1.165, 1.54) is 11.3 Å². The maximum Gasteiger partial charge on any atom is 0.401 e. The maximum absolute atomic E-state index is 12.0. The molecule has 1 heterocycles. The summed E-state index contributed by atoms with van der Waals surface area (Å²) in [5.41, 5.74) is 2.06. The number of nitrogens with one attached hydrogen (secondary N) is 1. The van der Waals surface area contributed by atoms with Crippen LogP contribution in [0.25, 0.3) is 0 Å². The van der Waals surface area contributed by atoms with Gasteiger partial charge in [-0.2, -0.15) is 24.5 Å². The molecule has 1 N–H and O–H groups in total. The molecule has 92 valence electrons. The summed E-state index contributed by atoms with van der Waals surface area (Å²) in [5, 5.41) is 6.33. The van der Waals surface area contributed by atoms with E-state index in [0.29, 0.717) is 0 Å². The minimum absolute atomic E-state index is 0.0186. The first-order valence-electron chi connectivity index (χ1n) is 5.03. The summed E-state index contributed by atoms with van der Waals surface area (Å²) >= 11 is 1.53. The first-order valence-corrected chi connectivity index (χ1v) is 5.97. The zero-order valence-corrected chi connectivity index (χ0v) is 10.4. The van der Waals surface area contributed by atoms with Crippen LogP contribution >= 0.6 is 11.3 Å². The van der Waals surface area contributed by atoms with Crippen LogP contribution < -0.4 is 5.32 Å². The molecule has 0 fully saturated rings. The Labute approximate surface area is 97.7 Å². The number of thiophene rings is 1. The molecule has 1 nitrogen and oxygen atoms in total. The van der Waals surface area contributed by atoms with E-state index in [1.54, 1.807) is 0 Å². The average molecular weight is 251 g/mol. The topological polar surface area (TPSA) is 12.0 Å². The number of halogens is 3. The lowest BCUT2D eigenvalue weighted by Crippen LogP contribution is -2.29. The van der Waals surface area contributed by atoms with Crippen LogP contribution in [0.2, 0.25) is 0 Å². The van der Waals surface area contributed by atoms with E-state index in [2.05, 4.69) is 26.1 Å². The highest BCUT2D eigenvalue weighted by Gasteiger charge is 2.26. The van der Waals surface area contributed by atoms with Crippen molar-refractivity contribution in [2.75, 3.05) is 6.54 Å². The minimum Gasteiger partial charge on any atom is -0.305 e. The van der Waals surface area contributed by atoms with E-state index in [-0.39, 0.29) is 12.0 Å². The van der Waals surface area contributed by atoms with Crippen molar-refractivity contribution in [2.24, 2.45) is 0 Å². The predicted octanol–water partition coefficient (Wildman–Crippen LogP) is 3.70. The molecule has 0 aliphatic heterocycles. The van der Waals surface area contributed by atoms with Gasteiger partial charge in [0, 0.05) is 6.54 Å². The molecule has 5 heteroatoms. The highest BCUT2D eigenvalue weighted by molar-refractivity contribution is 7.08. The molecule has 1 rings (SSSR count). The van der Waals surface area contributed by atoms with Crippen molar-refractivity contribution < 1.29 is 13.2 Å². The molecular formula is C11H16F3NS. The average Bonchev–Trinajstić information content (AvgIpc) is 2.48. The normalized spacial score (nSPS) is 13.1. The summed E-state index contributed by atoms with van der Waals surface area (Å²) in [4.78, 5) is 0. The van der Waals surface area contributed by atoms with Gasteiger partial charge in [0.15, 0.2) is 0 Å². The van der Waals surface area contributed by atoms with Gasteiger partial charge in [0.1, 0.15) is 0 Å². The predicted molar refractivity (Wildman–Crippen MR) is 60.8 cm³/mol. The van der Waals surface area contributed by atoms with E-state index >= 15 is 0 Å². The molecule has 0 unspecified atom stereocenters. The molecule has 1 aromatic rings. The van der Waals surface area contributed by atoms with Crippen molar-refractivity contribution in [3.8, 4) is 0 Å². The summed E-state index contributed by atoms with van der Waals surface area (Å²) in [7, 11) is 0. The van der Waals surface area contributed by atoms with Gasteiger partial charge in [-0.05, 0) is 27.3 Å². The molecule has 0 saturated heterocycles. The number of hydrogen-bond acceptors (Lipinski definition) is 2. The second-order valence-corrected chi connectivity index (χ2v) is 5.52. The summed E-state index contributed by atoms with van der Waals surface area (Å²) in [5.74, 6) is 0. The molecule has 0 amide bonds. The summed E-state index contributed by atoms with van der Waals surface area (Å²) in [6.07, 6.45) is -4.14. The Kier molecular flexibility index (Phi) is 4.02. The van der Waals surface area contributed by atoms with Crippen LogP contribution in [0.5, 0.6) is 0 Å². The van der Waals surface area contributed by atoms with Gasteiger partial charge in [0.05, 0.1) is 6.54 Å². The highest BCUT2D eigenvalue weighted by Crippen LogP contribution is 2.28. The Hall–Kier alpha value is -0.550. The van der Waals surface area contributed by atoms with E-state index in [1.807, 2.05) is 10.8 Å². The van der Waals surface area contributed by atoms with Crippen LogP contribution in [0.1, 0.15) is 31.9 Å². The van der Waals surface area contributed by atoms with Crippen LogP contribution in [-0.4, -0.2) is 12.7 Å². The monoisotopic (exact) mass is 251 g/mol. The first kappa shape index (κ1) is 13.5. The van der Waals surface area contributed by atoms with Crippen molar-refractivity contribution in [3.63, 3.8) is 0 Å². The van der Waals surface area contributed by atoms with E-state index in [0.717, 1.165) is 11.1 Å². The van der Waals surface area contributed by atoms with Gasteiger partial charge in [0.25, 0.3) is 0 Å². The number of hydrogen-bond donors (Lipinski definition) is 1. The quantitative estimate of drug-likeness (QED) is 0.863. The van der Waals surface area contributed by atoms with Crippen molar-refractivity contribution in [1.29, 1.82) is 0 Å².